The molecule has 0 unspecified atom stereocenters. The van der Waals surface area contributed by atoms with E-state index < -0.39 is 10.9 Å². The Morgan fingerprint density at radius 1 is 1.20 bits per heavy atom. The Kier molecular flexibility index (Phi) is 5.78. The molecule has 0 bridgehead atoms. The van der Waals surface area contributed by atoms with Crippen molar-refractivity contribution in [3.8, 4) is 0 Å². The number of anilines is 2. The molecule has 2 fully saturated rings. The monoisotopic (exact) mass is 423 g/mol. The smallest absolute Gasteiger partial charge is 0.248 e. The number of nitrogens with one attached hydrogen (secondary N) is 1. The molecule has 0 aromatic heterocycles. The summed E-state index contributed by atoms with van der Waals surface area (Å²) in [6, 6.07) is 18.0. The van der Waals surface area contributed by atoms with Crippen molar-refractivity contribution in [2.45, 2.75) is 50.6 Å². The van der Waals surface area contributed by atoms with Crippen molar-refractivity contribution in [2.75, 3.05) is 22.5 Å². The number of fused-ring (bicyclic) bond motifs is 1. The van der Waals surface area contributed by atoms with Crippen LogP contribution in [0.2, 0.25) is 0 Å². The first-order valence-corrected chi connectivity index (χ1v) is 11.6. The summed E-state index contributed by atoms with van der Waals surface area (Å²) in [7, 11) is 0. The second-order valence-corrected chi connectivity index (χ2v) is 9.45. The number of benzene rings is 2. The van der Waals surface area contributed by atoms with Crippen LogP contribution in [0.4, 0.5) is 11.4 Å². The molecular weight excluding hydrogens is 394 g/mol. The summed E-state index contributed by atoms with van der Waals surface area (Å²) < 4.78 is 0. The number of thioether (sulfide) groups is 1. The number of hydrogen-bond donors (Lipinski definition) is 1. The van der Waals surface area contributed by atoms with E-state index in [-0.39, 0.29) is 11.8 Å². The van der Waals surface area contributed by atoms with Gasteiger partial charge in [-0.3, -0.25) is 9.59 Å². The Balaban J connectivity index is 1.51. The van der Waals surface area contributed by atoms with E-state index in [0.717, 1.165) is 29.9 Å². The molecule has 30 heavy (non-hydrogen) atoms. The highest BCUT2D eigenvalue weighted by molar-refractivity contribution is 8.00. The molecule has 0 radical (unpaired) electrons. The van der Waals surface area contributed by atoms with Gasteiger partial charge in [0, 0.05) is 36.1 Å². The second kappa shape index (κ2) is 8.34. The first kappa shape index (κ1) is 20.8. The van der Waals surface area contributed by atoms with Gasteiger partial charge in [-0.15, -0.1) is 11.8 Å². The Morgan fingerprint density at radius 2 is 1.90 bits per heavy atom. The minimum absolute atomic E-state index is 0.0647. The Bertz CT molecular complexity index is 916. The van der Waals surface area contributed by atoms with E-state index in [9.17, 15) is 9.59 Å². The van der Waals surface area contributed by atoms with Crippen LogP contribution in [0.15, 0.2) is 54.6 Å². The maximum atomic E-state index is 13.1. The number of carbonyl (C=O) groups is 2. The summed E-state index contributed by atoms with van der Waals surface area (Å²) in [4.78, 5) is 29.6. The molecule has 2 amide bonds. The van der Waals surface area contributed by atoms with Crippen LogP contribution in [-0.2, 0) is 14.5 Å². The first-order valence-electron chi connectivity index (χ1n) is 10.7. The molecule has 158 valence electrons. The molecule has 2 saturated heterocycles. The van der Waals surface area contributed by atoms with Crippen LogP contribution in [0.25, 0.3) is 0 Å². The molecule has 2 heterocycles. The number of hydrogen-bond acceptors (Lipinski definition) is 4. The zero-order valence-corrected chi connectivity index (χ0v) is 18.6. The molecule has 2 atom stereocenters. The van der Waals surface area contributed by atoms with Crippen LogP contribution in [-0.4, -0.2) is 41.1 Å². The predicted molar refractivity (Wildman–Crippen MR) is 124 cm³/mol. The molecular formula is C24H29N3O2S. The van der Waals surface area contributed by atoms with Crippen LogP contribution >= 0.6 is 11.8 Å². The van der Waals surface area contributed by atoms with Gasteiger partial charge in [-0.1, -0.05) is 30.3 Å². The van der Waals surface area contributed by atoms with Crippen molar-refractivity contribution >= 4 is 35.0 Å². The second-order valence-electron chi connectivity index (χ2n) is 8.16. The fraction of sp³-hybridized carbons (Fsp3) is 0.417. The van der Waals surface area contributed by atoms with Crippen molar-refractivity contribution in [1.29, 1.82) is 0 Å². The lowest BCUT2D eigenvalue weighted by Gasteiger charge is -2.34. The molecule has 2 aliphatic rings. The van der Waals surface area contributed by atoms with Crippen molar-refractivity contribution < 1.29 is 9.59 Å². The Hall–Kier alpha value is -2.47. The van der Waals surface area contributed by atoms with Crippen LogP contribution in [0.5, 0.6) is 0 Å². The number of rotatable bonds is 6. The zero-order valence-electron chi connectivity index (χ0n) is 17.8. The molecule has 6 heteroatoms. The standard InChI is InChI=1S/C24H29N3O2S/c1-4-26(17(2)3)20-12-10-19(11-13-20)25-23(29)21-16-30-24(15-14-22(28)27(21)24)18-8-6-5-7-9-18/h5-13,17,21H,4,14-16H2,1-3H3,(H,25,29)/t21-,24-/m0/s1. The molecule has 1 N–H and O–H groups in total. The van der Waals surface area contributed by atoms with Crippen LogP contribution in [0, 0.1) is 0 Å². The van der Waals surface area contributed by atoms with Gasteiger partial charge in [0.2, 0.25) is 11.8 Å². The average molecular weight is 424 g/mol. The highest BCUT2D eigenvalue weighted by Gasteiger charge is 2.56. The number of amides is 2. The molecule has 0 aliphatic carbocycles. The highest BCUT2D eigenvalue weighted by atomic mass is 32.2. The van der Waals surface area contributed by atoms with Crippen LogP contribution in [0.3, 0.4) is 0 Å². The quantitative estimate of drug-likeness (QED) is 0.746. The van der Waals surface area contributed by atoms with E-state index >= 15 is 0 Å². The van der Waals surface area contributed by atoms with Crippen LogP contribution < -0.4 is 10.2 Å². The fourth-order valence-corrected chi connectivity index (χ4v) is 6.29. The van der Waals surface area contributed by atoms with Gasteiger partial charge in [0.05, 0.1) is 0 Å². The van der Waals surface area contributed by atoms with Crippen molar-refractivity contribution in [3.05, 3.63) is 60.2 Å². The van der Waals surface area contributed by atoms with E-state index in [1.807, 2.05) is 47.4 Å². The lowest BCUT2D eigenvalue weighted by atomic mass is 10.0. The van der Waals surface area contributed by atoms with Gasteiger partial charge in [0.15, 0.2) is 0 Å². The van der Waals surface area contributed by atoms with Gasteiger partial charge in [-0.2, -0.15) is 0 Å². The molecule has 0 spiro atoms. The predicted octanol–water partition coefficient (Wildman–Crippen LogP) is 4.45. The summed E-state index contributed by atoms with van der Waals surface area (Å²) >= 11 is 1.71. The molecule has 4 rings (SSSR count). The molecule has 0 saturated carbocycles. The minimum Gasteiger partial charge on any atom is -0.369 e. The summed E-state index contributed by atoms with van der Waals surface area (Å²) in [5, 5.41) is 3.03. The number of carbonyl (C=O) groups excluding carboxylic acids is 2. The van der Waals surface area contributed by atoms with E-state index in [0.29, 0.717) is 18.2 Å². The van der Waals surface area contributed by atoms with Gasteiger partial charge in [-0.05, 0) is 57.0 Å². The fourth-order valence-electron chi connectivity index (χ4n) is 4.64. The van der Waals surface area contributed by atoms with Crippen molar-refractivity contribution in [1.82, 2.24) is 4.90 Å². The van der Waals surface area contributed by atoms with Crippen molar-refractivity contribution in [3.63, 3.8) is 0 Å². The summed E-state index contributed by atoms with van der Waals surface area (Å²) in [5.41, 5.74) is 3.01. The summed E-state index contributed by atoms with van der Waals surface area (Å²) in [6.45, 7) is 7.41. The average Bonchev–Trinajstić information content (AvgIpc) is 3.29. The first-order chi connectivity index (χ1) is 14.5. The van der Waals surface area contributed by atoms with E-state index in [2.05, 4.69) is 43.1 Å². The molecule has 2 aromatic rings. The third-order valence-electron chi connectivity index (χ3n) is 6.09. The van der Waals surface area contributed by atoms with Crippen molar-refractivity contribution in [2.24, 2.45) is 0 Å². The van der Waals surface area contributed by atoms with Gasteiger partial charge < -0.3 is 15.1 Å². The SMILES string of the molecule is CCN(c1ccc(NC(=O)[C@@H]2CS[C@]3(c4ccccc4)CCC(=O)N23)cc1)C(C)C. The van der Waals surface area contributed by atoms with Crippen LogP contribution in [0.1, 0.15) is 39.2 Å². The van der Waals surface area contributed by atoms with E-state index in [1.165, 1.54) is 0 Å². The van der Waals surface area contributed by atoms with Gasteiger partial charge in [0.25, 0.3) is 0 Å². The number of nitrogens with zero attached hydrogens (tertiary/aromatic N) is 2. The van der Waals surface area contributed by atoms with Gasteiger partial charge in [-0.25, -0.2) is 0 Å². The van der Waals surface area contributed by atoms with Gasteiger partial charge >= 0.3 is 0 Å². The largest absolute Gasteiger partial charge is 0.369 e. The maximum absolute atomic E-state index is 13.1. The van der Waals surface area contributed by atoms with E-state index in [1.54, 1.807) is 11.8 Å². The normalized spacial score (nSPS) is 23.0. The third kappa shape index (κ3) is 3.58. The lowest BCUT2D eigenvalue weighted by molar-refractivity contribution is -0.136. The zero-order chi connectivity index (χ0) is 21.3. The summed E-state index contributed by atoms with van der Waals surface area (Å²) in [6.07, 6.45) is 1.24. The topological polar surface area (TPSA) is 52.7 Å². The molecule has 2 aromatic carbocycles. The molecule has 2 aliphatic heterocycles. The van der Waals surface area contributed by atoms with E-state index in [4.69, 9.17) is 0 Å². The maximum Gasteiger partial charge on any atom is 0.248 e. The summed E-state index contributed by atoms with van der Waals surface area (Å²) in [5.74, 6) is 0.566. The Labute approximate surface area is 182 Å². The third-order valence-corrected chi connectivity index (χ3v) is 7.68. The molecule has 5 nitrogen and oxygen atoms in total. The Morgan fingerprint density at radius 3 is 2.53 bits per heavy atom. The van der Waals surface area contributed by atoms with Gasteiger partial charge in [0.1, 0.15) is 10.9 Å². The lowest BCUT2D eigenvalue weighted by Crippen LogP contribution is -2.48. The minimum atomic E-state index is -0.451. The highest BCUT2D eigenvalue weighted by Crippen LogP contribution is 2.54.